The lowest BCUT2D eigenvalue weighted by Crippen LogP contribution is -1.95. The van der Waals surface area contributed by atoms with Gasteiger partial charge in [-0.2, -0.15) is 5.26 Å². The molecule has 0 bridgehead atoms. The van der Waals surface area contributed by atoms with E-state index in [-0.39, 0.29) is 0 Å². The number of aromatic amines is 1. The van der Waals surface area contributed by atoms with Gasteiger partial charge in [0, 0.05) is 3.57 Å². The van der Waals surface area contributed by atoms with E-state index in [1.807, 2.05) is 28.8 Å². The number of fused-ring (bicyclic) bond motifs is 1. The summed E-state index contributed by atoms with van der Waals surface area (Å²) < 4.78 is 3.46. The van der Waals surface area contributed by atoms with E-state index in [4.69, 9.17) is 29.1 Å². The third-order valence-corrected chi connectivity index (χ3v) is 4.22. The number of rotatable bonds is 1. The topological polar surface area (TPSA) is 44.5 Å². The number of nitriles is 1. The molecule has 3 rings (SSSR count). The van der Waals surface area contributed by atoms with Gasteiger partial charge >= 0.3 is 0 Å². The van der Waals surface area contributed by atoms with Gasteiger partial charge in [0.25, 0.3) is 0 Å². The Morgan fingerprint density at radius 1 is 1.25 bits per heavy atom. The average molecular weight is 412 g/mol. The Bertz CT molecular complexity index is 920. The van der Waals surface area contributed by atoms with Crippen molar-refractivity contribution in [3.8, 4) is 11.8 Å². The maximum atomic E-state index is 9.03. The normalized spacial score (nSPS) is 10.7. The van der Waals surface area contributed by atoms with Crippen LogP contribution < -0.4 is 0 Å². The SMILES string of the molecule is N#Cc1ccc2[nH]c(=S)n(-c3ccc(I)cc3Cl)c2c1. The molecule has 0 spiro atoms. The summed E-state index contributed by atoms with van der Waals surface area (Å²) in [5, 5.41) is 9.66. The quantitative estimate of drug-likeness (QED) is 0.461. The first-order chi connectivity index (χ1) is 9.60. The molecule has 3 aromatic rings. The molecule has 0 aliphatic carbocycles. The van der Waals surface area contributed by atoms with E-state index in [1.165, 1.54) is 0 Å². The molecule has 2 aromatic carbocycles. The average Bonchev–Trinajstić information content (AvgIpc) is 2.74. The fourth-order valence-corrected chi connectivity index (χ4v) is 3.32. The van der Waals surface area contributed by atoms with Crippen molar-refractivity contribution in [1.29, 1.82) is 5.26 Å². The molecule has 6 heteroatoms. The first-order valence-corrected chi connectivity index (χ1v) is 7.57. The Balaban J connectivity index is 2.38. The molecule has 1 aromatic heterocycles. The van der Waals surface area contributed by atoms with E-state index in [2.05, 4.69) is 33.6 Å². The lowest BCUT2D eigenvalue weighted by Gasteiger charge is -2.07. The highest BCUT2D eigenvalue weighted by molar-refractivity contribution is 14.1. The largest absolute Gasteiger partial charge is 0.330 e. The van der Waals surface area contributed by atoms with Gasteiger partial charge < -0.3 is 4.98 Å². The number of imidazole rings is 1. The van der Waals surface area contributed by atoms with Crippen molar-refractivity contribution in [3.63, 3.8) is 0 Å². The first kappa shape index (κ1) is 13.6. The summed E-state index contributed by atoms with van der Waals surface area (Å²) in [4.78, 5) is 3.13. The summed E-state index contributed by atoms with van der Waals surface area (Å²) >= 11 is 13.9. The summed E-state index contributed by atoms with van der Waals surface area (Å²) in [6.07, 6.45) is 0. The van der Waals surface area contributed by atoms with Gasteiger partial charge in [-0.1, -0.05) is 11.6 Å². The molecular weight excluding hydrogens is 405 g/mol. The molecule has 0 atom stereocenters. The molecular formula is C14H7ClIN3S. The van der Waals surface area contributed by atoms with Crippen LogP contribution >= 0.6 is 46.4 Å². The van der Waals surface area contributed by atoms with Crippen molar-refractivity contribution in [2.45, 2.75) is 0 Å². The number of nitrogens with one attached hydrogen (secondary N) is 1. The second kappa shape index (κ2) is 5.20. The van der Waals surface area contributed by atoms with Gasteiger partial charge in [-0.15, -0.1) is 0 Å². The van der Waals surface area contributed by atoms with Crippen molar-refractivity contribution < 1.29 is 0 Å². The van der Waals surface area contributed by atoms with Crippen LogP contribution in [0.3, 0.4) is 0 Å². The van der Waals surface area contributed by atoms with Crippen LogP contribution in [0, 0.1) is 19.7 Å². The molecule has 3 nitrogen and oxygen atoms in total. The monoisotopic (exact) mass is 411 g/mol. The number of aromatic nitrogens is 2. The van der Waals surface area contributed by atoms with Crippen LogP contribution in [0.1, 0.15) is 5.56 Å². The Morgan fingerprint density at radius 3 is 2.75 bits per heavy atom. The third kappa shape index (κ3) is 2.24. The first-order valence-electron chi connectivity index (χ1n) is 5.70. The Hall–Kier alpha value is -1.36. The number of hydrogen-bond acceptors (Lipinski definition) is 2. The van der Waals surface area contributed by atoms with Crippen LogP contribution in [0.15, 0.2) is 36.4 Å². The molecule has 0 saturated heterocycles. The summed E-state index contributed by atoms with van der Waals surface area (Å²) in [5.41, 5.74) is 3.11. The number of hydrogen-bond donors (Lipinski definition) is 1. The molecule has 20 heavy (non-hydrogen) atoms. The predicted molar refractivity (Wildman–Crippen MR) is 90.9 cm³/mol. The van der Waals surface area contributed by atoms with Gasteiger partial charge in [-0.05, 0) is 71.2 Å². The van der Waals surface area contributed by atoms with Gasteiger partial charge in [0.1, 0.15) is 0 Å². The number of H-pyrrole nitrogens is 1. The van der Waals surface area contributed by atoms with Crippen molar-refractivity contribution in [3.05, 3.63) is 55.3 Å². The zero-order valence-corrected chi connectivity index (χ0v) is 13.8. The zero-order chi connectivity index (χ0) is 14.3. The van der Waals surface area contributed by atoms with E-state index in [9.17, 15) is 0 Å². The molecule has 0 fully saturated rings. The predicted octanol–water partition coefficient (Wildman–Crippen LogP) is 4.82. The van der Waals surface area contributed by atoms with Gasteiger partial charge in [-0.3, -0.25) is 4.57 Å². The van der Waals surface area contributed by atoms with Crippen LogP contribution in [0.4, 0.5) is 0 Å². The fourth-order valence-electron chi connectivity index (χ4n) is 2.07. The highest BCUT2D eigenvalue weighted by Crippen LogP contribution is 2.27. The number of benzene rings is 2. The van der Waals surface area contributed by atoms with Crippen LogP contribution in [0.25, 0.3) is 16.7 Å². The smallest absolute Gasteiger partial charge is 0.182 e. The van der Waals surface area contributed by atoms with Gasteiger partial charge in [-0.25, -0.2) is 0 Å². The Morgan fingerprint density at radius 2 is 2.05 bits per heavy atom. The maximum absolute atomic E-state index is 9.03. The van der Waals surface area contributed by atoms with E-state index in [0.717, 1.165) is 20.3 Å². The van der Waals surface area contributed by atoms with Crippen LogP contribution in [0.5, 0.6) is 0 Å². The van der Waals surface area contributed by atoms with E-state index < -0.39 is 0 Å². The summed E-state index contributed by atoms with van der Waals surface area (Å²) in [5.74, 6) is 0. The Kier molecular flexibility index (Phi) is 3.54. The molecule has 0 unspecified atom stereocenters. The molecule has 98 valence electrons. The van der Waals surface area contributed by atoms with Crippen molar-refractivity contribution in [2.24, 2.45) is 0 Å². The standard InChI is InChI=1S/C14H7ClIN3S/c15-10-6-9(16)2-4-12(10)19-13-5-8(7-17)1-3-11(13)18-14(19)20/h1-6H,(H,18,20). The van der Waals surface area contributed by atoms with Crippen molar-refractivity contribution in [1.82, 2.24) is 9.55 Å². The summed E-state index contributed by atoms with van der Waals surface area (Å²) in [7, 11) is 0. The number of nitrogens with zero attached hydrogens (tertiary/aromatic N) is 2. The lowest BCUT2D eigenvalue weighted by molar-refractivity contribution is 1.06. The second-order valence-corrected chi connectivity index (χ2v) is 6.24. The van der Waals surface area contributed by atoms with Gasteiger partial charge in [0.2, 0.25) is 0 Å². The summed E-state index contributed by atoms with van der Waals surface area (Å²) in [6.45, 7) is 0. The van der Waals surface area contributed by atoms with E-state index in [0.29, 0.717) is 15.4 Å². The van der Waals surface area contributed by atoms with Crippen LogP contribution in [0.2, 0.25) is 5.02 Å². The minimum Gasteiger partial charge on any atom is -0.330 e. The lowest BCUT2D eigenvalue weighted by atomic mass is 10.2. The molecule has 0 radical (unpaired) electrons. The second-order valence-electron chi connectivity index (χ2n) is 4.21. The minimum atomic E-state index is 0.554. The highest BCUT2D eigenvalue weighted by Gasteiger charge is 2.10. The minimum absolute atomic E-state index is 0.554. The Labute approximate surface area is 138 Å². The zero-order valence-electron chi connectivity index (χ0n) is 10.0. The van der Waals surface area contributed by atoms with E-state index in [1.54, 1.807) is 12.1 Å². The molecule has 1 N–H and O–H groups in total. The molecule has 1 heterocycles. The molecule has 0 saturated carbocycles. The highest BCUT2D eigenvalue weighted by atomic mass is 127. The van der Waals surface area contributed by atoms with Crippen molar-refractivity contribution in [2.75, 3.05) is 0 Å². The van der Waals surface area contributed by atoms with E-state index >= 15 is 0 Å². The van der Waals surface area contributed by atoms with Crippen LogP contribution in [-0.4, -0.2) is 9.55 Å². The third-order valence-electron chi connectivity index (χ3n) is 2.96. The molecule has 0 aliphatic heterocycles. The molecule has 0 aliphatic rings. The van der Waals surface area contributed by atoms with Gasteiger partial charge in [0.05, 0.1) is 33.4 Å². The maximum Gasteiger partial charge on any atom is 0.182 e. The van der Waals surface area contributed by atoms with Crippen LogP contribution in [-0.2, 0) is 0 Å². The summed E-state index contributed by atoms with van der Waals surface area (Å²) in [6, 6.07) is 13.3. The van der Waals surface area contributed by atoms with Gasteiger partial charge in [0.15, 0.2) is 4.77 Å². The van der Waals surface area contributed by atoms with Crippen molar-refractivity contribution >= 4 is 57.4 Å². The fraction of sp³-hybridized carbons (Fsp3) is 0. The number of halogens is 2. The molecule has 0 amide bonds.